The van der Waals surface area contributed by atoms with Crippen LogP contribution in [0.2, 0.25) is 0 Å². The van der Waals surface area contributed by atoms with Crippen molar-refractivity contribution in [2.24, 2.45) is 7.05 Å². The van der Waals surface area contributed by atoms with E-state index in [0.717, 1.165) is 17.8 Å². The fourth-order valence-electron chi connectivity index (χ4n) is 1.38. The fourth-order valence-corrected chi connectivity index (χ4v) is 1.48. The van der Waals surface area contributed by atoms with Gasteiger partial charge in [-0.25, -0.2) is 4.68 Å². The Balaban J connectivity index is 2.08. The number of halogens is 1. The van der Waals surface area contributed by atoms with Gasteiger partial charge in [0, 0.05) is 13.2 Å². The minimum absolute atomic E-state index is 0.0735. The molecule has 6 nitrogen and oxygen atoms in total. The molecule has 0 aliphatic heterocycles. The van der Waals surface area contributed by atoms with E-state index in [9.17, 15) is 0 Å². The van der Waals surface area contributed by atoms with Crippen LogP contribution in [0.15, 0.2) is 12.4 Å². The summed E-state index contributed by atoms with van der Waals surface area (Å²) in [4.78, 5) is 0. The average molecular weight is 241 g/mol. The number of aromatic nitrogens is 6. The summed E-state index contributed by atoms with van der Waals surface area (Å²) in [7, 11) is 1.83. The summed E-state index contributed by atoms with van der Waals surface area (Å²) in [5, 5.41) is 15.8. The zero-order valence-corrected chi connectivity index (χ0v) is 9.96. The van der Waals surface area contributed by atoms with Crippen LogP contribution in [0.1, 0.15) is 30.1 Å². The number of hydrogen-bond acceptors (Lipinski definition) is 4. The standard InChI is InChI=1S/C9H13ClN6/c1-3-8(10)9-6-16(14-12-9)5-7-4-15(2)13-11-7/h4,6,8H,3,5H2,1-2H3. The van der Waals surface area contributed by atoms with Gasteiger partial charge in [0.25, 0.3) is 0 Å². The minimum Gasteiger partial charge on any atom is -0.255 e. The summed E-state index contributed by atoms with van der Waals surface area (Å²) in [5.74, 6) is 0. The third-order valence-corrected chi connectivity index (χ3v) is 2.74. The van der Waals surface area contributed by atoms with Crippen LogP contribution in [0.5, 0.6) is 0 Å². The summed E-state index contributed by atoms with van der Waals surface area (Å²) in [6, 6.07) is 0. The lowest BCUT2D eigenvalue weighted by Gasteiger charge is -1.98. The van der Waals surface area contributed by atoms with E-state index in [1.165, 1.54) is 0 Å². The average Bonchev–Trinajstić information content (AvgIpc) is 2.87. The van der Waals surface area contributed by atoms with Crippen LogP contribution in [-0.2, 0) is 13.6 Å². The van der Waals surface area contributed by atoms with Crippen LogP contribution < -0.4 is 0 Å². The summed E-state index contributed by atoms with van der Waals surface area (Å²) < 4.78 is 3.37. The van der Waals surface area contributed by atoms with Gasteiger partial charge in [0.1, 0.15) is 11.4 Å². The van der Waals surface area contributed by atoms with E-state index in [4.69, 9.17) is 11.6 Å². The van der Waals surface area contributed by atoms with E-state index in [-0.39, 0.29) is 5.38 Å². The summed E-state index contributed by atoms with van der Waals surface area (Å²) in [6.45, 7) is 2.58. The lowest BCUT2D eigenvalue weighted by molar-refractivity contribution is 0.635. The highest BCUT2D eigenvalue weighted by atomic mass is 35.5. The van der Waals surface area contributed by atoms with Crippen LogP contribution in [0.3, 0.4) is 0 Å². The first kappa shape index (κ1) is 11.1. The smallest absolute Gasteiger partial charge is 0.104 e. The van der Waals surface area contributed by atoms with Gasteiger partial charge in [0.15, 0.2) is 0 Å². The van der Waals surface area contributed by atoms with E-state index in [1.54, 1.807) is 9.36 Å². The van der Waals surface area contributed by atoms with Crippen molar-refractivity contribution in [3.8, 4) is 0 Å². The molecule has 86 valence electrons. The van der Waals surface area contributed by atoms with Gasteiger partial charge < -0.3 is 0 Å². The SMILES string of the molecule is CCC(Cl)c1cn(Cc2cn(C)nn2)nn1. The molecule has 16 heavy (non-hydrogen) atoms. The molecule has 0 N–H and O–H groups in total. The molecule has 0 fully saturated rings. The molecule has 0 saturated heterocycles. The second-order valence-electron chi connectivity index (χ2n) is 3.60. The van der Waals surface area contributed by atoms with Crippen molar-refractivity contribution < 1.29 is 0 Å². The number of nitrogens with zero attached hydrogens (tertiary/aromatic N) is 6. The summed E-state index contributed by atoms with van der Waals surface area (Å²) in [5.41, 5.74) is 1.65. The molecule has 0 radical (unpaired) electrons. The van der Waals surface area contributed by atoms with Crippen molar-refractivity contribution in [1.82, 2.24) is 30.0 Å². The lowest BCUT2D eigenvalue weighted by atomic mass is 10.3. The largest absolute Gasteiger partial charge is 0.255 e. The molecule has 0 aliphatic carbocycles. The second-order valence-corrected chi connectivity index (χ2v) is 4.13. The monoisotopic (exact) mass is 240 g/mol. The molecule has 2 rings (SSSR count). The Kier molecular flexibility index (Phi) is 3.19. The van der Waals surface area contributed by atoms with Gasteiger partial charge in [0.05, 0.1) is 18.1 Å². The molecule has 0 bridgehead atoms. The van der Waals surface area contributed by atoms with Gasteiger partial charge in [-0.15, -0.1) is 21.8 Å². The van der Waals surface area contributed by atoms with Crippen LogP contribution in [-0.4, -0.2) is 30.0 Å². The van der Waals surface area contributed by atoms with Crippen molar-refractivity contribution in [2.75, 3.05) is 0 Å². The molecular weight excluding hydrogens is 228 g/mol. The van der Waals surface area contributed by atoms with Gasteiger partial charge in [-0.1, -0.05) is 17.4 Å². The van der Waals surface area contributed by atoms with E-state index >= 15 is 0 Å². The molecule has 0 spiro atoms. The highest BCUT2D eigenvalue weighted by Gasteiger charge is 2.10. The predicted molar refractivity (Wildman–Crippen MR) is 59.0 cm³/mol. The molecule has 0 aromatic carbocycles. The van der Waals surface area contributed by atoms with Crippen LogP contribution >= 0.6 is 11.6 Å². The first-order valence-electron chi connectivity index (χ1n) is 5.08. The first-order chi connectivity index (χ1) is 7.69. The molecule has 0 amide bonds. The van der Waals surface area contributed by atoms with Gasteiger partial charge in [-0.2, -0.15) is 0 Å². The molecule has 2 heterocycles. The summed E-state index contributed by atoms with van der Waals surface area (Å²) >= 11 is 6.06. The van der Waals surface area contributed by atoms with Crippen molar-refractivity contribution in [3.05, 3.63) is 23.8 Å². The van der Waals surface area contributed by atoms with Crippen molar-refractivity contribution in [1.29, 1.82) is 0 Å². The van der Waals surface area contributed by atoms with Gasteiger partial charge in [0.2, 0.25) is 0 Å². The van der Waals surface area contributed by atoms with Crippen LogP contribution in [0, 0.1) is 0 Å². The zero-order chi connectivity index (χ0) is 11.5. The molecule has 0 aliphatic rings. The number of rotatable bonds is 4. The summed E-state index contributed by atoms with van der Waals surface area (Å²) in [6.07, 6.45) is 4.53. The van der Waals surface area contributed by atoms with E-state index < -0.39 is 0 Å². The Morgan fingerprint density at radius 3 is 2.75 bits per heavy atom. The molecular formula is C9H13ClN6. The molecule has 2 aromatic heterocycles. The minimum atomic E-state index is -0.0735. The van der Waals surface area contributed by atoms with Crippen molar-refractivity contribution in [2.45, 2.75) is 25.3 Å². The lowest BCUT2D eigenvalue weighted by Crippen LogP contribution is -2.00. The highest BCUT2D eigenvalue weighted by molar-refractivity contribution is 6.20. The van der Waals surface area contributed by atoms with Gasteiger partial charge in [-0.05, 0) is 6.42 Å². The molecule has 0 saturated carbocycles. The number of aryl methyl sites for hydroxylation is 1. The Morgan fingerprint density at radius 1 is 1.31 bits per heavy atom. The van der Waals surface area contributed by atoms with Crippen molar-refractivity contribution >= 4 is 11.6 Å². The molecule has 1 unspecified atom stereocenters. The van der Waals surface area contributed by atoms with E-state index in [2.05, 4.69) is 20.6 Å². The van der Waals surface area contributed by atoms with Crippen LogP contribution in [0.25, 0.3) is 0 Å². The van der Waals surface area contributed by atoms with Gasteiger partial charge in [-0.3, -0.25) is 4.68 Å². The molecule has 2 aromatic rings. The Bertz CT molecular complexity index is 462. The topological polar surface area (TPSA) is 61.4 Å². The third kappa shape index (κ3) is 2.38. The maximum Gasteiger partial charge on any atom is 0.104 e. The Hall–Kier alpha value is -1.43. The second kappa shape index (κ2) is 4.61. The normalized spacial score (nSPS) is 12.9. The van der Waals surface area contributed by atoms with Gasteiger partial charge >= 0.3 is 0 Å². The van der Waals surface area contributed by atoms with E-state index in [0.29, 0.717) is 6.54 Å². The number of hydrogen-bond donors (Lipinski definition) is 0. The Labute approximate surface area is 98.2 Å². The third-order valence-electron chi connectivity index (χ3n) is 2.21. The fraction of sp³-hybridized carbons (Fsp3) is 0.556. The maximum absolute atomic E-state index is 6.06. The van der Waals surface area contributed by atoms with E-state index in [1.807, 2.05) is 26.4 Å². The Morgan fingerprint density at radius 2 is 2.12 bits per heavy atom. The van der Waals surface area contributed by atoms with Crippen molar-refractivity contribution in [3.63, 3.8) is 0 Å². The number of alkyl halides is 1. The molecule has 1 atom stereocenters. The molecule has 7 heteroatoms. The van der Waals surface area contributed by atoms with Crippen LogP contribution in [0.4, 0.5) is 0 Å². The maximum atomic E-state index is 6.06. The first-order valence-corrected chi connectivity index (χ1v) is 5.52. The quantitative estimate of drug-likeness (QED) is 0.752. The zero-order valence-electron chi connectivity index (χ0n) is 9.21. The highest BCUT2D eigenvalue weighted by Crippen LogP contribution is 2.20. The predicted octanol–water partition coefficient (Wildman–Crippen LogP) is 1.14.